The number of hydrogen-bond acceptors (Lipinski definition) is 4. The average Bonchev–Trinajstić information content (AvgIpc) is 3.17. The zero-order valence-corrected chi connectivity index (χ0v) is 15.3. The maximum atomic E-state index is 12.2. The fraction of sp³-hybridized carbons (Fsp3) is 0.182. The number of methoxy groups -OCH3 is 1. The largest absolute Gasteiger partial charge is 0.465 e. The van der Waals surface area contributed by atoms with Crippen LogP contribution in [-0.4, -0.2) is 19.0 Å². The predicted octanol–water partition coefficient (Wildman–Crippen LogP) is 4.61. The number of ether oxygens (including phenoxy) is 1. The summed E-state index contributed by atoms with van der Waals surface area (Å²) in [6, 6.07) is 18.7. The Morgan fingerprint density at radius 1 is 1.04 bits per heavy atom. The molecule has 0 atom stereocenters. The number of esters is 1. The first-order valence-electron chi connectivity index (χ1n) is 8.70. The van der Waals surface area contributed by atoms with E-state index in [1.165, 1.54) is 7.11 Å². The summed E-state index contributed by atoms with van der Waals surface area (Å²) in [7, 11) is 1.34. The number of amides is 1. The fourth-order valence-corrected chi connectivity index (χ4v) is 2.77. The van der Waals surface area contributed by atoms with Crippen LogP contribution in [0.25, 0.3) is 11.3 Å². The Kier molecular flexibility index (Phi) is 5.71. The van der Waals surface area contributed by atoms with Gasteiger partial charge in [0.05, 0.1) is 12.7 Å². The Balaban J connectivity index is 1.57. The SMILES string of the molecule is COC(=O)c1ccc(NC(=O)CCc2ccc(-c3ccccc3)o2)c(C)c1. The number of benzene rings is 2. The van der Waals surface area contributed by atoms with Crippen molar-refractivity contribution in [1.29, 1.82) is 0 Å². The lowest BCUT2D eigenvalue weighted by atomic mass is 10.1. The Hall–Kier alpha value is -3.34. The van der Waals surface area contributed by atoms with E-state index in [-0.39, 0.29) is 5.91 Å². The topological polar surface area (TPSA) is 68.5 Å². The predicted molar refractivity (Wildman–Crippen MR) is 104 cm³/mol. The van der Waals surface area contributed by atoms with E-state index in [1.54, 1.807) is 18.2 Å². The molecule has 5 heteroatoms. The molecule has 27 heavy (non-hydrogen) atoms. The Labute approximate surface area is 158 Å². The first-order valence-corrected chi connectivity index (χ1v) is 8.70. The van der Waals surface area contributed by atoms with Crippen LogP contribution in [0.3, 0.4) is 0 Å². The van der Waals surface area contributed by atoms with Crippen molar-refractivity contribution in [3.05, 3.63) is 77.6 Å². The molecule has 0 aliphatic rings. The van der Waals surface area contributed by atoms with Gasteiger partial charge in [-0.3, -0.25) is 4.79 Å². The van der Waals surface area contributed by atoms with Gasteiger partial charge in [-0.05, 0) is 42.8 Å². The molecule has 0 aliphatic carbocycles. The summed E-state index contributed by atoms with van der Waals surface area (Å²) in [6.45, 7) is 1.83. The van der Waals surface area contributed by atoms with Crippen molar-refractivity contribution in [1.82, 2.24) is 0 Å². The van der Waals surface area contributed by atoms with Crippen molar-refractivity contribution in [2.75, 3.05) is 12.4 Å². The van der Waals surface area contributed by atoms with Crippen molar-refractivity contribution in [3.63, 3.8) is 0 Å². The highest BCUT2D eigenvalue weighted by atomic mass is 16.5. The molecule has 0 aliphatic heterocycles. The summed E-state index contributed by atoms with van der Waals surface area (Å²) in [5.74, 6) is 1.05. The molecule has 0 saturated heterocycles. The summed E-state index contributed by atoms with van der Waals surface area (Å²) in [5, 5.41) is 2.87. The highest BCUT2D eigenvalue weighted by Gasteiger charge is 2.11. The number of nitrogens with one attached hydrogen (secondary N) is 1. The molecule has 1 heterocycles. The lowest BCUT2D eigenvalue weighted by Gasteiger charge is -2.09. The summed E-state index contributed by atoms with van der Waals surface area (Å²) >= 11 is 0. The van der Waals surface area contributed by atoms with Gasteiger partial charge < -0.3 is 14.5 Å². The number of aryl methyl sites for hydroxylation is 2. The number of carbonyl (C=O) groups is 2. The van der Waals surface area contributed by atoms with Crippen LogP contribution in [0.4, 0.5) is 5.69 Å². The first-order chi connectivity index (χ1) is 13.1. The fourth-order valence-electron chi connectivity index (χ4n) is 2.77. The van der Waals surface area contributed by atoms with Crippen molar-refractivity contribution in [2.45, 2.75) is 19.8 Å². The average molecular weight is 363 g/mol. The van der Waals surface area contributed by atoms with Gasteiger partial charge >= 0.3 is 5.97 Å². The molecule has 3 aromatic rings. The molecule has 0 radical (unpaired) electrons. The molecule has 3 rings (SSSR count). The Bertz CT molecular complexity index is 944. The zero-order valence-electron chi connectivity index (χ0n) is 15.3. The van der Waals surface area contributed by atoms with Gasteiger partial charge in [-0.2, -0.15) is 0 Å². The molecule has 0 unspecified atom stereocenters. The lowest BCUT2D eigenvalue weighted by Crippen LogP contribution is -2.13. The van der Waals surface area contributed by atoms with Gasteiger partial charge in [-0.1, -0.05) is 30.3 Å². The molecule has 138 valence electrons. The van der Waals surface area contributed by atoms with Crippen molar-refractivity contribution in [2.24, 2.45) is 0 Å². The normalized spacial score (nSPS) is 10.4. The van der Waals surface area contributed by atoms with Gasteiger partial charge in [0, 0.05) is 24.1 Å². The molecule has 0 spiro atoms. The van der Waals surface area contributed by atoms with E-state index < -0.39 is 5.97 Å². The maximum absolute atomic E-state index is 12.2. The first kappa shape index (κ1) is 18.5. The second-order valence-electron chi connectivity index (χ2n) is 6.20. The molecule has 1 amide bonds. The lowest BCUT2D eigenvalue weighted by molar-refractivity contribution is -0.116. The van der Waals surface area contributed by atoms with Crippen LogP contribution in [0.1, 0.15) is 28.1 Å². The highest BCUT2D eigenvalue weighted by Crippen LogP contribution is 2.23. The van der Waals surface area contributed by atoms with Crippen molar-refractivity contribution < 1.29 is 18.7 Å². The van der Waals surface area contributed by atoms with Crippen LogP contribution in [-0.2, 0) is 16.0 Å². The Morgan fingerprint density at radius 2 is 1.81 bits per heavy atom. The second-order valence-corrected chi connectivity index (χ2v) is 6.20. The minimum atomic E-state index is -0.400. The number of carbonyl (C=O) groups excluding carboxylic acids is 2. The van der Waals surface area contributed by atoms with Crippen LogP contribution < -0.4 is 5.32 Å². The molecule has 2 aromatic carbocycles. The third kappa shape index (κ3) is 4.64. The maximum Gasteiger partial charge on any atom is 0.337 e. The number of furan rings is 1. The van der Waals surface area contributed by atoms with E-state index in [9.17, 15) is 9.59 Å². The molecule has 1 N–H and O–H groups in total. The van der Waals surface area contributed by atoms with E-state index >= 15 is 0 Å². The number of anilines is 1. The molecular weight excluding hydrogens is 342 g/mol. The van der Waals surface area contributed by atoms with Gasteiger partial charge in [0.25, 0.3) is 0 Å². The molecule has 0 saturated carbocycles. The summed E-state index contributed by atoms with van der Waals surface area (Å²) in [5.41, 5.74) is 2.94. The minimum Gasteiger partial charge on any atom is -0.465 e. The van der Waals surface area contributed by atoms with Gasteiger partial charge in [0.2, 0.25) is 5.91 Å². The quantitative estimate of drug-likeness (QED) is 0.649. The van der Waals surface area contributed by atoms with E-state index in [0.717, 1.165) is 22.6 Å². The van der Waals surface area contributed by atoms with Crippen LogP contribution >= 0.6 is 0 Å². The van der Waals surface area contributed by atoms with Gasteiger partial charge in [0.1, 0.15) is 11.5 Å². The van der Waals surface area contributed by atoms with Gasteiger partial charge in [0.15, 0.2) is 0 Å². The van der Waals surface area contributed by atoms with E-state index in [2.05, 4.69) is 5.32 Å². The van der Waals surface area contributed by atoms with Crippen LogP contribution in [0.2, 0.25) is 0 Å². The molecule has 1 aromatic heterocycles. The highest BCUT2D eigenvalue weighted by molar-refractivity contribution is 5.94. The van der Waals surface area contributed by atoms with Crippen LogP contribution in [0, 0.1) is 6.92 Å². The number of rotatable bonds is 6. The van der Waals surface area contributed by atoms with Crippen LogP contribution in [0.5, 0.6) is 0 Å². The van der Waals surface area contributed by atoms with Gasteiger partial charge in [-0.25, -0.2) is 4.79 Å². The second kappa shape index (κ2) is 8.36. The molecule has 0 bridgehead atoms. The third-order valence-corrected chi connectivity index (χ3v) is 4.24. The van der Waals surface area contributed by atoms with E-state index in [1.807, 2.05) is 49.4 Å². The van der Waals surface area contributed by atoms with Crippen LogP contribution in [0.15, 0.2) is 65.1 Å². The standard InChI is InChI=1S/C22H21NO4/c1-15-14-17(22(25)26-2)8-11-19(15)23-21(24)13-10-18-9-12-20(27-18)16-6-4-3-5-7-16/h3-9,11-12,14H,10,13H2,1-2H3,(H,23,24). The summed E-state index contributed by atoms with van der Waals surface area (Å²) < 4.78 is 10.5. The molecular formula is C22H21NO4. The Morgan fingerprint density at radius 3 is 2.52 bits per heavy atom. The monoisotopic (exact) mass is 363 g/mol. The minimum absolute atomic E-state index is 0.110. The van der Waals surface area contributed by atoms with Crippen molar-refractivity contribution >= 4 is 17.6 Å². The number of hydrogen-bond donors (Lipinski definition) is 1. The smallest absolute Gasteiger partial charge is 0.337 e. The van der Waals surface area contributed by atoms with Crippen molar-refractivity contribution in [3.8, 4) is 11.3 Å². The summed E-state index contributed by atoms with van der Waals surface area (Å²) in [6.07, 6.45) is 0.817. The third-order valence-electron chi connectivity index (χ3n) is 4.24. The zero-order chi connectivity index (χ0) is 19.2. The van der Waals surface area contributed by atoms with E-state index in [0.29, 0.717) is 24.1 Å². The molecule has 5 nitrogen and oxygen atoms in total. The van der Waals surface area contributed by atoms with E-state index in [4.69, 9.17) is 9.15 Å². The summed E-state index contributed by atoms with van der Waals surface area (Å²) in [4.78, 5) is 23.8. The van der Waals surface area contributed by atoms with Gasteiger partial charge in [-0.15, -0.1) is 0 Å². The molecule has 0 fully saturated rings.